The molecule has 1 fully saturated rings. The van der Waals surface area contributed by atoms with Gasteiger partial charge in [0.25, 0.3) is 5.91 Å². The van der Waals surface area contributed by atoms with Gasteiger partial charge in [-0.3, -0.25) is 4.79 Å². The van der Waals surface area contributed by atoms with E-state index in [4.69, 9.17) is 41.2 Å². The van der Waals surface area contributed by atoms with E-state index in [1.807, 2.05) is 6.92 Å². The van der Waals surface area contributed by atoms with Crippen molar-refractivity contribution in [3.8, 4) is 0 Å². The summed E-state index contributed by atoms with van der Waals surface area (Å²) in [5.74, 6) is -0.0949. The van der Waals surface area contributed by atoms with Crippen LogP contribution in [0.15, 0.2) is 18.2 Å². The summed E-state index contributed by atoms with van der Waals surface area (Å²) in [5.41, 5.74) is 6.05. The maximum absolute atomic E-state index is 12.5. The number of piperidine rings is 1. The van der Waals surface area contributed by atoms with Crippen LogP contribution in [0.2, 0.25) is 10.0 Å². The Morgan fingerprint density at radius 3 is 2.50 bits per heavy atom. The molecule has 0 aromatic heterocycles. The zero-order valence-corrected chi connectivity index (χ0v) is 13.5. The fraction of sp³-hybridized carbons (Fsp3) is 0.429. The Labute approximate surface area is 134 Å². The molecule has 0 aliphatic carbocycles. The van der Waals surface area contributed by atoms with E-state index in [0.29, 0.717) is 33.7 Å². The van der Waals surface area contributed by atoms with Crippen LogP contribution in [0.4, 0.5) is 0 Å². The standard InChI is InChI=1S/C14H16Cl2N2OS/c1-14(13(17)20)4-6-18(7-5-14)12(19)10-8-9(15)2-3-11(10)16/h2-3,8H,4-7H2,1H3,(H2,17,20). The first kappa shape index (κ1) is 15.5. The van der Waals surface area contributed by atoms with E-state index >= 15 is 0 Å². The lowest BCUT2D eigenvalue weighted by atomic mass is 9.80. The molecule has 1 amide bonds. The molecule has 1 aromatic rings. The number of hydrogen-bond acceptors (Lipinski definition) is 2. The van der Waals surface area contributed by atoms with Crippen molar-refractivity contribution >= 4 is 46.3 Å². The second-order valence-electron chi connectivity index (χ2n) is 5.34. The summed E-state index contributed by atoms with van der Waals surface area (Å²) in [6, 6.07) is 4.91. The summed E-state index contributed by atoms with van der Waals surface area (Å²) >= 11 is 17.1. The summed E-state index contributed by atoms with van der Waals surface area (Å²) < 4.78 is 0. The highest BCUT2D eigenvalue weighted by Gasteiger charge is 2.34. The van der Waals surface area contributed by atoms with Crippen molar-refractivity contribution in [3.63, 3.8) is 0 Å². The molecule has 2 rings (SSSR count). The number of nitrogens with zero attached hydrogens (tertiary/aromatic N) is 1. The normalized spacial score (nSPS) is 17.9. The number of carbonyl (C=O) groups is 1. The number of nitrogens with two attached hydrogens (primary N) is 1. The van der Waals surface area contributed by atoms with E-state index in [0.717, 1.165) is 12.8 Å². The van der Waals surface area contributed by atoms with Crippen LogP contribution < -0.4 is 5.73 Å². The smallest absolute Gasteiger partial charge is 0.255 e. The molecule has 6 heteroatoms. The molecule has 1 aliphatic rings. The first-order valence-electron chi connectivity index (χ1n) is 6.38. The van der Waals surface area contributed by atoms with Gasteiger partial charge in [-0.05, 0) is 31.0 Å². The van der Waals surface area contributed by atoms with Crippen LogP contribution in [0.1, 0.15) is 30.1 Å². The minimum atomic E-state index is -0.162. The highest BCUT2D eigenvalue weighted by Crippen LogP contribution is 2.32. The van der Waals surface area contributed by atoms with Crippen molar-refractivity contribution in [2.45, 2.75) is 19.8 Å². The predicted octanol–water partition coefficient (Wildman–Crippen LogP) is 3.52. The average molecular weight is 331 g/mol. The molecule has 0 bridgehead atoms. The molecular formula is C14H16Cl2N2OS. The summed E-state index contributed by atoms with van der Waals surface area (Å²) in [6.07, 6.45) is 1.54. The topological polar surface area (TPSA) is 46.3 Å². The van der Waals surface area contributed by atoms with Crippen LogP contribution in [-0.2, 0) is 0 Å². The van der Waals surface area contributed by atoms with Crippen LogP contribution in [0.3, 0.4) is 0 Å². The lowest BCUT2D eigenvalue weighted by Crippen LogP contribution is -2.46. The molecule has 0 saturated carbocycles. The van der Waals surface area contributed by atoms with Gasteiger partial charge in [0.05, 0.1) is 15.6 Å². The van der Waals surface area contributed by atoms with E-state index in [1.165, 1.54) is 0 Å². The Bertz CT molecular complexity index is 554. The molecule has 1 heterocycles. The number of benzene rings is 1. The Morgan fingerprint density at radius 1 is 1.35 bits per heavy atom. The lowest BCUT2D eigenvalue weighted by Gasteiger charge is -2.38. The van der Waals surface area contributed by atoms with Crippen LogP contribution >= 0.6 is 35.4 Å². The maximum atomic E-state index is 12.5. The Balaban J connectivity index is 2.13. The molecule has 108 valence electrons. The Kier molecular flexibility index (Phi) is 4.57. The summed E-state index contributed by atoms with van der Waals surface area (Å²) in [7, 11) is 0. The summed E-state index contributed by atoms with van der Waals surface area (Å²) in [4.78, 5) is 14.8. The highest BCUT2D eigenvalue weighted by atomic mass is 35.5. The first-order chi connectivity index (χ1) is 9.33. The quantitative estimate of drug-likeness (QED) is 0.844. The fourth-order valence-corrected chi connectivity index (χ4v) is 2.86. The van der Waals surface area contributed by atoms with Gasteiger partial charge in [-0.15, -0.1) is 0 Å². The Morgan fingerprint density at radius 2 is 1.95 bits per heavy atom. The fourth-order valence-electron chi connectivity index (χ4n) is 2.28. The number of hydrogen-bond donors (Lipinski definition) is 1. The van der Waals surface area contributed by atoms with Gasteiger partial charge in [-0.2, -0.15) is 0 Å². The van der Waals surface area contributed by atoms with Crippen molar-refractivity contribution in [1.29, 1.82) is 0 Å². The van der Waals surface area contributed by atoms with Crippen LogP contribution in [0.25, 0.3) is 0 Å². The predicted molar refractivity (Wildman–Crippen MR) is 86.5 cm³/mol. The summed E-state index contributed by atoms with van der Waals surface area (Å²) in [5, 5.41) is 0.921. The van der Waals surface area contributed by atoms with Crippen molar-refractivity contribution in [1.82, 2.24) is 4.90 Å². The number of likely N-dealkylation sites (tertiary alicyclic amines) is 1. The van der Waals surface area contributed by atoms with E-state index in [-0.39, 0.29) is 11.3 Å². The van der Waals surface area contributed by atoms with Crippen molar-refractivity contribution < 1.29 is 4.79 Å². The van der Waals surface area contributed by atoms with Gasteiger partial charge >= 0.3 is 0 Å². The van der Waals surface area contributed by atoms with E-state index in [9.17, 15) is 4.79 Å². The molecule has 0 radical (unpaired) electrons. The minimum absolute atomic E-state index is 0.0949. The van der Waals surface area contributed by atoms with E-state index in [1.54, 1.807) is 23.1 Å². The van der Waals surface area contributed by atoms with Gasteiger partial charge in [0.1, 0.15) is 0 Å². The van der Waals surface area contributed by atoms with Crippen molar-refractivity contribution in [2.75, 3.05) is 13.1 Å². The third-order valence-electron chi connectivity index (χ3n) is 3.91. The molecule has 20 heavy (non-hydrogen) atoms. The van der Waals surface area contributed by atoms with Crippen LogP contribution in [-0.4, -0.2) is 28.9 Å². The number of amides is 1. The number of halogens is 2. The van der Waals surface area contributed by atoms with E-state index < -0.39 is 0 Å². The second-order valence-corrected chi connectivity index (χ2v) is 6.62. The molecule has 0 atom stereocenters. The average Bonchev–Trinajstić information content (AvgIpc) is 2.41. The first-order valence-corrected chi connectivity index (χ1v) is 7.54. The van der Waals surface area contributed by atoms with Crippen molar-refractivity contribution in [3.05, 3.63) is 33.8 Å². The van der Waals surface area contributed by atoms with Gasteiger partial charge in [0.15, 0.2) is 0 Å². The van der Waals surface area contributed by atoms with E-state index in [2.05, 4.69) is 0 Å². The van der Waals surface area contributed by atoms with Gasteiger partial charge in [-0.25, -0.2) is 0 Å². The molecular weight excluding hydrogens is 315 g/mol. The molecule has 1 saturated heterocycles. The SMILES string of the molecule is CC1(C(N)=S)CCN(C(=O)c2cc(Cl)ccc2Cl)CC1. The third kappa shape index (κ3) is 3.08. The highest BCUT2D eigenvalue weighted by molar-refractivity contribution is 7.80. The monoisotopic (exact) mass is 330 g/mol. The minimum Gasteiger partial charge on any atom is -0.393 e. The van der Waals surface area contributed by atoms with Gasteiger partial charge in [0, 0.05) is 23.5 Å². The molecule has 1 aliphatic heterocycles. The molecule has 1 aromatic carbocycles. The lowest BCUT2D eigenvalue weighted by molar-refractivity contribution is 0.0670. The molecule has 0 unspecified atom stereocenters. The second kappa shape index (κ2) is 5.88. The Hall–Kier alpha value is -0.840. The number of rotatable bonds is 2. The van der Waals surface area contributed by atoms with Crippen LogP contribution in [0, 0.1) is 5.41 Å². The maximum Gasteiger partial charge on any atom is 0.255 e. The van der Waals surface area contributed by atoms with Crippen molar-refractivity contribution in [2.24, 2.45) is 11.1 Å². The van der Waals surface area contributed by atoms with Gasteiger partial charge in [0.2, 0.25) is 0 Å². The number of carbonyl (C=O) groups excluding carboxylic acids is 1. The van der Waals surface area contributed by atoms with Gasteiger partial charge < -0.3 is 10.6 Å². The summed E-state index contributed by atoms with van der Waals surface area (Å²) in [6.45, 7) is 3.29. The zero-order valence-electron chi connectivity index (χ0n) is 11.2. The van der Waals surface area contributed by atoms with Gasteiger partial charge in [-0.1, -0.05) is 42.3 Å². The third-order valence-corrected chi connectivity index (χ3v) is 4.97. The largest absolute Gasteiger partial charge is 0.393 e. The molecule has 3 nitrogen and oxygen atoms in total. The zero-order chi connectivity index (χ0) is 14.9. The molecule has 2 N–H and O–H groups in total. The molecule has 0 spiro atoms. The van der Waals surface area contributed by atoms with Crippen LogP contribution in [0.5, 0.6) is 0 Å². The number of thiocarbonyl (C=S) groups is 1.